The van der Waals surface area contributed by atoms with Crippen molar-refractivity contribution in [1.82, 2.24) is 0 Å². The average Bonchev–Trinajstić information content (AvgIpc) is 2.37. The van der Waals surface area contributed by atoms with Gasteiger partial charge >= 0.3 is 0 Å². The first-order chi connectivity index (χ1) is 9.04. The summed E-state index contributed by atoms with van der Waals surface area (Å²) < 4.78 is 19.2. The summed E-state index contributed by atoms with van der Waals surface area (Å²) in [4.78, 5) is 0. The highest BCUT2D eigenvalue weighted by molar-refractivity contribution is 5.45. The second-order valence-electron chi connectivity index (χ2n) is 4.69. The lowest BCUT2D eigenvalue weighted by Gasteiger charge is -2.19. The normalized spacial score (nSPS) is 12.3. The van der Waals surface area contributed by atoms with Crippen LogP contribution in [0.4, 0.5) is 4.39 Å². The fourth-order valence-electron chi connectivity index (χ4n) is 2.33. The fraction of sp³-hybridized carbons (Fsp3) is 0.250. The van der Waals surface area contributed by atoms with Gasteiger partial charge in [-0.2, -0.15) is 0 Å². The second-order valence-corrected chi connectivity index (χ2v) is 4.69. The molecule has 2 N–H and O–H groups in total. The number of nitrogens with two attached hydrogens (primary N) is 1. The number of methoxy groups -OCH3 is 1. The molecule has 19 heavy (non-hydrogen) atoms. The van der Waals surface area contributed by atoms with Crippen LogP contribution in [0.25, 0.3) is 0 Å². The molecule has 2 aromatic carbocycles. The molecule has 0 saturated heterocycles. The predicted octanol–water partition coefficient (Wildman–Crippen LogP) is 3.50. The van der Waals surface area contributed by atoms with Crippen molar-refractivity contribution >= 4 is 0 Å². The maximum Gasteiger partial charge on any atom is 0.132 e. The van der Waals surface area contributed by atoms with E-state index in [0.29, 0.717) is 11.3 Å². The summed E-state index contributed by atoms with van der Waals surface area (Å²) in [7, 11) is 1.52. The number of ether oxygens (including phenoxy) is 1. The van der Waals surface area contributed by atoms with Crippen LogP contribution in [-0.4, -0.2) is 7.11 Å². The van der Waals surface area contributed by atoms with Gasteiger partial charge in [0, 0.05) is 0 Å². The van der Waals surface area contributed by atoms with Crippen LogP contribution < -0.4 is 10.5 Å². The summed E-state index contributed by atoms with van der Waals surface area (Å²) in [5.41, 5.74) is 9.75. The van der Waals surface area contributed by atoms with Gasteiger partial charge in [0.25, 0.3) is 0 Å². The Balaban J connectivity index is 2.52. The molecule has 0 aromatic heterocycles. The molecule has 0 aliphatic rings. The van der Waals surface area contributed by atoms with Gasteiger partial charge in [0.1, 0.15) is 11.6 Å². The minimum absolute atomic E-state index is 0.341. The smallest absolute Gasteiger partial charge is 0.132 e. The highest BCUT2D eigenvalue weighted by Gasteiger charge is 2.19. The lowest BCUT2D eigenvalue weighted by atomic mass is 9.93. The number of benzene rings is 2. The summed E-state index contributed by atoms with van der Waals surface area (Å²) in [5, 5.41) is 0. The largest absolute Gasteiger partial charge is 0.496 e. The molecule has 2 nitrogen and oxygen atoms in total. The van der Waals surface area contributed by atoms with E-state index in [1.54, 1.807) is 12.1 Å². The van der Waals surface area contributed by atoms with E-state index in [1.165, 1.54) is 13.2 Å². The van der Waals surface area contributed by atoms with Crippen molar-refractivity contribution in [3.05, 3.63) is 64.5 Å². The summed E-state index contributed by atoms with van der Waals surface area (Å²) in [6.07, 6.45) is 0. The third-order valence-electron chi connectivity index (χ3n) is 3.30. The van der Waals surface area contributed by atoms with E-state index in [-0.39, 0.29) is 5.82 Å². The second kappa shape index (κ2) is 5.41. The lowest BCUT2D eigenvalue weighted by molar-refractivity contribution is 0.402. The molecule has 0 aliphatic carbocycles. The number of hydrogen-bond donors (Lipinski definition) is 1. The maximum atomic E-state index is 14.0. The Labute approximate surface area is 113 Å². The zero-order valence-electron chi connectivity index (χ0n) is 11.4. The van der Waals surface area contributed by atoms with Crippen molar-refractivity contribution < 1.29 is 9.13 Å². The van der Waals surface area contributed by atoms with Gasteiger partial charge in [0.05, 0.1) is 18.7 Å². The van der Waals surface area contributed by atoms with Crippen LogP contribution >= 0.6 is 0 Å². The summed E-state index contributed by atoms with van der Waals surface area (Å²) in [6.45, 7) is 4.00. The minimum Gasteiger partial charge on any atom is -0.496 e. The van der Waals surface area contributed by atoms with E-state index >= 15 is 0 Å². The Morgan fingerprint density at radius 1 is 1.16 bits per heavy atom. The molecule has 2 aromatic rings. The third kappa shape index (κ3) is 2.61. The topological polar surface area (TPSA) is 35.2 Å². The Hall–Kier alpha value is -1.87. The molecule has 0 saturated carbocycles. The molecule has 0 heterocycles. The number of hydrogen-bond acceptors (Lipinski definition) is 2. The van der Waals surface area contributed by atoms with E-state index in [4.69, 9.17) is 10.5 Å². The van der Waals surface area contributed by atoms with Crippen LogP contribution in [0.3, 0.4) is 0 Å². The van der Waals surface area contributed by atoms with Crippen LogP contribution in [0, 0.1) is 19.7 Å². The van der Waals surface area contributed by atoms with Gasteiger partial charge in [0.15, 0.2) is 0 Å². The molecule has 0 spiro atoms. The fourth-order valence-corrected chi connectivity index (χ4v) is 2.33. The van der Waals surface area contributed by atoms with E-state index in [0.717, 1.165) is 16.7 Å². The zero-order chi connectivity index (χ0) is 14.0. The van der Waals surface area contributed by atoms with Crippen molar-refractivity contribution in [3.63, 3.8) is 0 Å². The third-order valence-corrected chi connectivity index (χ3v) is 3.30. The first kappa shape index (κ1) is 13.6. The van der Waals surface area contributed by atoms with Crippen molar-refractivity contribution in [2.24, 2.45) is 5.73 Å². The molecule has 1 atom stereocenters. The molecule has 100 valence electrons. The highest BCUT2D eigenvalue weighted by Crippen LogP contribution is 2.32. The van der Waals surface area contributed by atoms with Crippen molar-refractivity contribution in [2.75, 3.05) is 7.11 Å². The number of aryl methyl sites for hydroxylation is 2. The molecule has 3 heteroatoms. The molecule has 0 fully saturated rings. The molecular formula is C16H18FNO. The molecule has 0 amide bonds. The molecule has 2 rings (SSSR count). The molecule has 0 aliphatic heterocycles. The highest BCUT2D eigenvalue weighted by atomic mass is 19.1. The van der Waals surface area contributed by atoms with Gasteiger partial charge in [-0.05, 0) is 37.1 Å². The Bertz CT molecular complexity index is 595. The van der Waals surface area contributed by atoms with Gasteiger partial charge in [0.2, 0.25) is 0 Å². The molecule has 1 unspecified atom stereocenters. The predicted molar refractivity (Wildman–Crippen MR) is 74.9 cm³/mol. The summed E-state index contributed by atoms with van der Waals surface area (Å²) in [5.74, 6) is 0.138. The molecule has 0 bridgehead atoms. The zero-order valence-corrected chi connectivity index (χ0v) is 11.4. The quantitative estimate of drug-likeness (QED) is 0.915. The van der Waals surface area contributed by atoms with Gasteiger partial charge < -0.3 is 10.5 Å². The SMILES string of the molecule is COc1cccc(F)c1C(N)c1ccc(C)cc1C. The Kier molecular flexibility index (Phi) is 3.86. The van der Waals surface area contributed by atoms with E-state index in [9.17, 15) is 4.39 Å². The first-order valence-corrected chi connectivity index (χ1v) is 6.19. The lowest BCUT2D eigenvalue weighted by Crippen LogP contribution is -2.16. The average molecular weight is 259 g/mol. The Morgan fingerprint density at radius 3 is 2.53 bits per heavy atom. The van der Waals surface area contributed by atoms with Crippen LogP contribution in [0.5, 0.6) is 5.75 Å². The van der Waals surface area contributed by atoms with Crippen molar-refractivity contribution in [2.45, 2.75) is 19.9 Å². The van der Waals surface area contributed by atoms with E-state index < -0.39 is 6.04 Å². The first-order valence-electron chi connectivity index (χ1n) is 6.19. The standard InChI is InChI=1S/C16H18FNO/c1-10-7-8-12(11(2)9-10)16(18)15-13(17)5-4-6-14(15)19-3/h4-9,16H,18H2,1-3H3. The Morgan fingerprint density at radius 2 is 1.89 bits per heavy atom. The van der Waals surface area contributed by atoms with E-state index in [2.05, 4.69) is 0 Å². The van der Waals surface area contributed by atoms with Crippen LogP contribution in [0.2, 0.25) is 0 Å². The van der Waals surface area contributed by atoms with Crippen LogP contribution in [-0.2, 0) is 0 Å². The maximum absolute atomic E-state index is 14.0. The van der Waals surface area contributed by atoms with Gasteiger partial charge in [-0.15, -0.1) is 0 Å². The van der Waals surface area contributed by atoms with Crippen molar-refractivity contribution in [3.8, 4) is 5.75 Å². The summed E-state index contributed by atoms with van der Waals surface area (Å²) >= 11 is 0. The van der Waals surface area contributed by atoms with Crippen LogP contribution in [0.15, 0.2) is 36.4 Å². The molecular weight excluding hydrogens is 241 g/mol. The number of halogens is 1. The number of rotatable bonds is 3. The van der Waals surface area contributed by atoms with Gasteiger partial charge in [-0.1, -0.05) is 29.8 Å². The molecule has 0 radical (unpaired) electrons. The minimum atomic E-state index is -0.531. The van der Waals surface area contributed by atoms with Gasteiger partial charge in [-0.3, -0.25) is 0 Å². The van der Waals surface area contributed by atoms with E-state index in [1.807, 2.05) is 32.0 Å². The van der Waals surface area contributed by atoms with Crippen molar-refractivity contribution in [1.29, 1.82) is 0 Å². The summed E-state index contributed by atoms with van der Waals surface area (Å²) in [6, 6.07) is 10.2. The monoisotopic (exact) mass is 259 g/mol. The van der Waals surface area contributed by atoms with Crippen LogP contribution in [0.1, 0.15) is 28.3 Å². The van der Waals surface area contributed by atoms with Gasteiger partial charge in [-0.25, -0.2) is 4.39 Å².